The fourth-order valence-corrected chi connectivity index (χ4v) is 3.63. The third kappa shape index (κ3) is 4.62. The zero-order valence-corrected chi connectivity index (χ0v) is 15.3. The molecule has 140 valence electrons. The number of nitrogens with zero attached hydrogens (tertiary/aromatic N) is 2. The summed E-state index contributed by atoms with van der Waals surface area (Å²) in [5, 5.41) is 2.99. The molecule has 1 aromatic heterocycles. The number of rotatable bonds is 5. The van der Waals surface area contributed by atoms with Gasteiger partial charge in [-0.15, -0.1) is 0 Å². The molecule has 1 atom stereocenters. The summed E-state index contributed by atoms with van der Waals surface area (Å²) in [4.78, 5) is 30.9. The maximum absolute atomic E-state index is 12.6. The molecule has 2 amide bonds. The van der Waals surface area contributed by atoms with Crippen molar-refractivity contribution in [1.82, 2.24) is 15.2 Å². The van der Waals surface area contributed by atoms with Crippen LogP contribution in [-0.4, -0.2) is 48.4 Å². The number of likely N-dealkylation sites (tertiary alicyclic amines) is 1. The molecule has 1 saturated heterocycles. The van der Waals surface area contributed by atoms with Crippen molar-refractivity contribution in [3.63, 3.8) is 0 Å². The first-order valence-corrected chi connectivity index (χ1v) is 9.39. The molecule has 1 aliphatic carbocycles. The summed E-state index contributed by atoms with van der Waals surface area (Å²) >= 11 is 0. The van der Waals surface area contributed by atoms with Gasteiger partial charge in [0.05, 0.1) is 7.11 Å². The third-order valence-electron chi connectivity index (χ3n) is 5.30. The average Bonchev–Trinajstić information content (AvgIpc) is 2.72. The summed E-state index contributed by atoms with van der Waals surface area (Å²) in [5.41, 5.74) is 0.551. The van der Waals surface area contributed by atoms with Crippen LogP contribution in [0.25, 0.3) is 0 Å². The lowest BCUT2D eigenvalue weighted by molar-refractivity contribution is -0.137. The van der Waals surface area contributed by atoms with Crippen molar-refractivity contribution in [2.24, 2.45) is 11.8 Å². The van der Waals surface area contributed by atoms with E-state index >= 15 is 0 Å². The Balaban J connectivity index is 1.43. The molecule has 1 unspecified atom stereocenters. The zero-order valence-electron chi connectivity index (χ0n) is 15.3. The fraction of sp³-hybridized carbons (Fsp3) is 0.550. The second-order valence-electron chi connectivity index (χ2n) is 7.05. The zero-order chi connectivity index (χ0) is 18.4. The molecule has 1 N–H and O–H groups in total. The van der Waals surface area contributed by atoms with E-state index in [0.717, 1.165) is 45.2 Å². The van der Waals surface area contributed by atoms with Crippen molar-refractivity contribution in [2.75, 3.05) is 26.7 Å². The molecule has 0 spiro atoms. The minimum atomic E-state index is -0.113. The van der Waals surface area contributed by atoms with Crippen LogP contribution < -0.4 is 10.1 Å². The van der Waals surface area contributed by atoms with E-state index in [1.807, 2.05) is 4.90 Å². The molecule has 6 nitrogen and oxygen atoms in total. The van der Waals surface area contributed by atoms with Crippen molar-refractivity contribution in [1.29, 1.82) is 0 Å². The summed E-state index contributed by atoms with van der Waals surface area (Å²) in [5.74, 6) is 1.21. The van der Waals surface area contributed by atoms with Crippen molar-refractivity contribution >= 4 is 11.8 Å². The van der Waals surface area contributed by atoms with Gasteiger partial charge in [-0.1, -0.05) is 12.2 Å². The molecule has 26 heavy (non-hydrogen) atoms. The first-order chi connectivity index (χ1) is 12.7. The lowest BCUT2D eigenvalue weighted by atomic mass is 9.91. The fourth-order valence-electron chi connectivity index (χ4n) is 3.63. The monoisotopic (exact) mass is 357 g/mol. The van der Waals surface area contributed by atoms with Gasteiger partial charge in [0.15, 0.2) is 0 Å². The maximum atomic E-state index is 12.6. The van der Waals surface area contributed by atoms with Crippen LogP contribution in [0.2, 0.25) is 0 Å². The normalized spacial score (nSPS) is 20.7. The number of aromatic nitrogens is 1. The van der Waals surface area contributed by atoms with Gasteiger partial charge < -0.3 is 15.0 Å². The molecule has 6 heteroatoms. The van der Waals surface area contributed by atoms with Crippen LogP contribution >= 0.6 is 0 Å². The highest BCUT2D eigenvalue weighted by Gasteiger charge is 2.28. The van der Waals surface area contributed by atoms with Crippen LogP contribution in [0.5, 0.6) is 5.88 Å². The highest BCUT2D eigenvalue weighted by molar-refractivity contribution is 5.94. The Kier molecular flexibility index (Phi) is 6.26. The molecule has 1 fully saturated rings. The predicted molar refractivity (Wildman–Crippen MR) is 98.9 cm³/mol. The van der Waals surface area contributed by atoms with Crippen LogP contribution in [-0.2, 0) is 4.79 Å². The summed E-state index contributed by atoms with van der Waals surface area (Å²) in [6, 6.07) is 3.31. The number of allylic oxidation sites excluding steroid dienone is 2. The van der Waals surface area contributed by atoms with E-state index in [1.165, 1.54) is 7.11 Å². The van der Waals surface area contributed by atoms with Crippen LogP contribution in [0.4, 0.5) is 0 Å². The molecular weight excluding hydrogens is 330 g/mol. The Morgan fingerprint density at radius 2 is 2.08 bits per heavy atom. The molecule has 0 aromatic carbocycles. The average molecular weight is 357 g/mol. The van der Waals surface area contributed by atoms with E-state index in [1.54, 1.807) is 18.3 Å². The highest BCUT2D eigenvalue weighted by atomic mass is 16.5. The van der Waals surface area contributed by atoms with Gasteiger partial charge in [0.25, 0.3) is 5.91 Å². The van der Waals surface area contributed by atoms with E-state index in [0.29, 0.717) is 29.8 Å². The van der Waals surface area contributed by atoms with E-state index in [9.17, 15) is 9.59 Å². The number of carbonyl (C=O) groups is 2. The summed E-state index contributed by atoms with van der Waals surface area (Å²) < 4.78 is 5.05. The first-order valence-electron chi connectivity index (χ1n) is 9.39. The Hall–Kier alpha value is -2.37. The molecule has 2 aliphatic rings. The number of amides is 2. The Bertz CT molecular complexity index is 666. The van der Waals surface area contributed by atoms with Gasteiger partial charge in [-0.2, -0.15) is 0 Å². The van der Waals surface area contributed by atoms with Gasteiger partial charge in [0, 0.05) is 43.4 Å². The standard InChI is InChI=1S/C20H27N3O3/c1-26-18-13-17(7-10-21-18)19(24)22-14-15-8-11-23(12-9-15)20(25)16-5-3-2-4-6-16/h2-3,7,10,13,15-16H,4-6,8-9,11-12,14H2,1H3,(H,22,24). The first kappa shape index (κ1) is 18.4. The molecule has 0 bridgehead atoms. The summed E-state index contributed by atoms with van der Waals surface area (Å²) in [6.45, 7) is 2.23. The number of hydrogen-bond acceptors (Lipinski definition) is 4. The molecule has 0 saturated carbocycles. The maximum Gasteiger partial charge on any atom is 0.251 e. The molecule has 1 aromatic rings. The Morgan fingerprint density at radius 3 is 2.77 bits per heavy atom. The SMILES string of the molecule is COc1cc(C(=O)NCC2CCN(C(=O)C3CC=CCC3)CC2)ccn1. The van der Waals surface area contributed by atoms with E-state index in [2.05, 4.69) is 22.5 Å². The number of pyridine rings is 1. The lowest BCUT2D eigenvalue weighted by Gasteiger charge is -2.34. The van der Waals surface area contributed by atoms with Crippen molar-refractivity contribution in [2.45, 2.75) is 32.1 Å². The van der Waals surface area contributed by atoms with Gasteiger partial charge in [-0.25, -0.2) is 4.98 Å². The number of ether oxygens (including phenoxy) is 1. The molecule has 1 aliphatic heterocycles. The van der Waals surface area contributed by atoms with Crippen LogP contribution in [0.3, 0.4) is 0 Å². The van der Waals surface area contributed by atoms with Gasteiger partial charge in [0.2, 0.25) is 11.8 Å². The smallest absolute Gasteiger partial charge is 0.251 e. The number of nitrogens with one attached hydrogen (secondary N) is 1. The van der Waals surface area contributed by atoms with Gasteiger partial charge >= 0.3 is 0 Å². The molecule has 2 heterocycles. The largest absolute Gasteiger partial charge is 0.481 e. The topological polar surface area (TPSA) is 71.5 Å². The van der Waals surface area contributed by atoms with Crippen LogP contribution in [0, 0.1) is 11.8 Å². The summed E-state index contributed by atoms with van der Waals surface area (Å²) in [6.07, 6.45) is 10.6. The quantitative estimate of drug-likeness (QED) is 0.822. The van der Waals surface area contributed by atoms with Crippen LogP contribution in [0.1, 0.15) is 42.5 Å². The number of carbonyl (C=O) groups excluding carboxylic acids is 2. The minimum absolute atomic E-state index is 0.113. The van der Waals surface area contributed by atoms with E-state index in [-0.39, 0.29) is 11.8 Å². The van der Waals surface area contributed by atoms with Crippen molar-refractivity contribution < 1.29 is 14.3 Å². The van der Waals surface area contributed by atoms with Gasteiger partial charge in [-0.3, -0.25) is 9.59 Å². The summed E-state index contributed by atoms with van der Waals surface area (Å²) in [7, 11) is 1.53. The predicted octanol–water partition coefficient (Wildman–Crippen LogP) is 2.41. The Labute approximate surface area is 154 Å². The lowest BCUT2D eigenvalue weighted by Crippen LogP contribution is -2.44. The van der Waals surface area contributed by atoms with Crippen molar-refractivity contribution in [3.8, 4) is 5.88 Å². The van der Waals surface area contributed by atoms with Crippen LogP contribution in [0.15, 0.2) is 30.5 Å². The highest BCUT2D eigenvalue weighted by Crippen LogP contribution is 2.24. The Morgan fingerprint density at radius 1 is 1.27 bits per heavy atom. The van der Waals surface area contributed by atoms with Gasteiger partial charge in [0.1, 0.15) is 0 Å². The number of piperidine rings is 1. The second-order valence-corrected chi connectivity index (χ2v) is 7.05. The molecule has 0 radical (unpaired) electrons. The van der Waals surface area contributed by atoms with Gasteiger partial charge in [-0.05, 0) is 44.1 Å². The van der Waals surface area contributed by atoms with Crippen molar-refractivity contribution in [3.05, 3.63) is 36.0 Å². The number of hydrogen-bond donors (Lipinski definition) is 1. The molecule has 3 rings (SSSR count). The number of methoxy groups -OCH3 is 1. The van der Waals surface area contributed by atoms with E-state index in [4.69, 9.17) is 4.74 Å². The second kappa shape index (κ2) is 8.83. The molecular formula is C20H27N3O3. The minimum Gasteiger partial charge on any atom is -0.481 e. The van der Waals surface area contributed by atoms with E-state index < -0.39 is 0 Å². The third-order valence-corrected chi connectivity index (χ3v) is 5.30.